The number of rotatable bonds is 7. The first-order chi connectivity index (χ1) is 9.70. The second-order valence-corrected chi connectivity index (χ2v) is 7.16. The Hall–Kier alpha value is -0.900. The Balaban J connectivity index is 2.10. The van der Waals surface area contributed by atoms with Gasteiger partial charge in [-0.1, -0.05) is 32.4 Å². The van der Waals surface area contributed by atoms with Gasteiger partial charge in [-0.2, -0.15) is 0 Å². The van der Waals surface area contributed by atoms with Crippen molar-refractivity contribution in [3.05, 3.63) is 39.4 Å². The fourth-order valence-electron chi connectivity index (χ4n) is 2.01. The lowest BCUT2D eigenvalue weighted by Gasteiger charge is -2.12. The van der Waals surface area contributed by atoms with Crippen LogP contribution in [-0.4, -0.2) is 13.1 Å². The zero-order chi connectivity index (χ0) is 14.4. The molecule has 0 spiro atoms. The highest BCUT2D eigenvalue weighted by Gasteiger charge is 2.06. The first-order valence-corrected chi connectivity index (χ1v) is 9.00. The van der Waals surface area contributed by atoms with E-state index in [0.29, 0.717) is 5.92 Å². The van der Waals surface area contributed by atoms with Crippen LogP contribution in [0.3, 0.4) is 0 Å². The molecule has 2 aromatic rings. The van der Waals surface area contributed by atoms with Gasteiger partial charge in [0.15, 0.2) is 0 Å². The van der Waals surface area contributed by atoms with E-state index in [1.165, 1.54) is 27.3 Å². The fourth-order valence-corrected chi connectivity index (χ4v) is 3.68. The summed E-state index contributed by atoms with van der Waals surface area (Å²) in [7, 11) is 0. The highest BCUT2D eigenvalue weighted by Crippen LogP contribution is 2.30. The maximum Gasteiger partial charge on any atom is 0.0351 e. The van der Waals surface area contributed by atoms with Crippen molar-refractivity contribution in [2.45, 2.75) is 27.2 Å². The molecular formula is C17H23NS2. The van der Waals surface area contributed by atoms with Crippen LogP contribution < -0.4 is 5.32 Å². The topological polar surface area (TPSA) is 12.0 Å². The van der Waals surface area contributed by atoms with Gasteiger partial charge < -0.3 is 5.32 Å². The molecule has 3 heteroatoms. The molecule has 20 heavy (non-hydrogen) atoms. The number of hydrogen-bond acceptors (Lipinski definition) is 3. The summed E-state index contributed by atoms with van der Waals surface area (Å²) in [6, 6.07) is 6.60. The molecule has 2 heterocycles. The Morgan fingerprint density at radius 3 is 2.85 bits per heavy atom. The molecule has 0 saturated carbocycles. The smallest absolute Gasteiger partial charge is 0.0351 e. The summed E-state index contributed by atoms with van der Waals surface area (Å²) in [5.41, 5.74) is 2.83. The second kappa shape index (κ2) is 7.77. The molecule has 1 N–H and O–H groups in total. The lowest BCUT2D eigenvalue weighted by Crippen LogP contribution is -2.19. The lowest BCUT2D eigenvalue weighted by atomic mass is 10.0. The molecule has 0 aromatic carbocycles. The van der Waals surface area contributed by atoms with E-state index in [9.17, 15) is 0 Å². The summed E-state index contributed by atoms with van der Waals surface area (Å²) in [4.78, 5) is 2.71. The molecule has 1 nitrogen and oxygen atoms in total. The zero-order valence-corrected chi connectivity index (χ0v) is 14.1. The molecule has 0 atom stereocenters. The highest BCUT2D eigenvalue weighted by atomic mass is 32.1. The van der Waals surface area contributed by atoms with Gasteiger partial charge in [-0.3, -0.25) is 0 Å². The second-order valence-electron chi connectivity index (χ2n) is 5.27. The van der Waals surface area contributed by atoms with Gasteiger partial charge in [-0.25, -0.2) is 0 Å². The van der Waals surface area contributed by atoms with Crippen LogP contribution in [0.25, 0.3) is 16.5 Å². The number of thiophene rings is 2. The third kappa shape index (κ3) is 4.30. The van der Waals surface area contributed by atoms with E-state index >= 15 is 0 Å². The van der Waals surface area contributed by atoms with E-state index in [1.807, 2.05) is 11.3 Å². The van der Waals surface area contributed by atoms with Gasteiger partial charge in [0.1, 0.15) is 0 Å². The molecule has 108 valence electrons. The van der Waals surface area contributed by atoms with Crippen molar-refractivity contribution in [2.24, 2.45) is 5.92 Å². The van der Waals surface area contributed by atoms with Crippen molar-refractivity contribution in [1.29, 1.82) is 0 Å². The predicted octanol–water partition coefficient (Wildman–Crippen LogP) is 5.52. The van der Waals surface area contributed by atoms with E-state index in [1.54, 1.807) is 11.3 Å². The first-order valence-electron chi connectivity index (χ1n) is 7.24. The maximum atomic E-state index is 3.51. The van der Waals surface area contributed by atoms with Gasteiger partial charge in [-0.05, 0) is 47.9 Å². The molecule has 2 rings (SSSR count). The summed E-state index contributed by atoms with van der Waals surface area (Å²) in [5.74, 6) is 0.589. The summed E-state index contributed by atoms with van der Waals surface area (Å²) in [6.07, 6.45) is 3.54. The predicted molar refractivity (Wildman–Crippen MR) is 93.6 cm³/mol. The molecule has 0 radical (unpaired) electrons. The molecular weight excluding hydrogens is 282 g/mol. The van der Waals surface area contributed by atoms with E-state index in [0.717, 1.165) is 13.1 Å². The van der Waals surface area contributed by atoms with Gasteiger partial charge in [-0.15, -0.1) is 22.7 Å². The summed E-state index contributed by atoms with van der Waals surface area (Å²) in [6.45, 7) is 8.84. The van der Waals surface area contributed by atoms with Gasteiger partial charge in [0.25, 0.3) is 0 Å². The fraction of sp³-hybridized carbons (Fsp3) is 0.412. The van der Waals surface area contributed by atoms with E-state index in [-0.39, 0.29) is 0 Å². The van der Waals surface area contributed by atoms with Crippen LogP contribution in [0.2, 0.25) is 0 Å². The molecule has 0 unspecified atom stereocenters. The molecule has 0 bridgehead atoms. The van der Waals surface area contributed by atoms with Crippen molar-refractivity contribution in [1.82, 2.24) is 5.32 Å². The Kier molecular flexibility index (Phi) is 6.02. The first kappa shape index (κ1) is 15.5. The minimum atomic E-state index is 0.589. The van der Waals surface area contributed by atoms with E-state index in [4.69, 9.17) is 0 Å². The number of hydrogen-bond donors (Lipinski definition) is 1. The van der Waals surface area contributed by atoms with E-state index < -0.39 is 0 Å². The van der Waals surface area contributed by atoms with Gasteiger partial charge in [0.2, 0.25) is 0 Å². The van der Waals surface area contributed by atoms with Crippen LogP contribution in [0.1, 0.15) is 32.1 Å². The summed E-state index contributed by atoms with van der Waals surface area (Å²) >= 11 is 3.64. The van der Waals surface area contributed by atoms with Gasteiger partial charge in [0.05, 0.1) is 0 Å². The van der Waals surface area contributed by atoms with Crippen molar-refractivity contribution < 1.29 is 0 Å². The Bertz CT molecular complexity index is 535. The average molecular weight is 306 g/mol. The monoisotopic (exact) mass is 305 g/mol. The van der Waals surface area contributed by atoms with Crippen LogP contribution in [-0.2, 0) is 0 Å². The third-order valence-electron chi connectivity index (χ3n) is 3.25. The van der Waals surface area contributed by atoms with Crippen molar-refractivity contribution >= 4 is 28.7 Å². The maximum absolute atomic E-state index is 3.51. The SMILES string of the molecule is CCCNCC(=Cc1cc(-c2cccs2)cs1)C(C)C. The summed E-state index contributed by atoms with van der Waals surface area (Å²) < 4.78 is 0. The van der Waals surface area contributed by atoms with Crippen molar-refractivity contribution in [2.75, 3.05) is 13.1 Å². The standard InChI is InChI=1S/C17H23NS2/c1-4-7-18-11-14(13(2)3)9-16-10-15(12-20-16)17-6-5-8-19-17/h5-6,8-10,12-13,18H,4,7,11H2,1-3H3. The van der Waals surface area contributed by atoms with Crippen LogP contribution >= 0.6 is 22.7 Å². The zero-order valence-electron chi connectivity index (χ0n) is 12.5. The molecule has 2 aromatic heterocycles. The molecule has 0 aliphatic heterocycles. The van der Waals surface area contributed by atoms with Gasteiger partial charge in [0, 0.05) is 21.9 Å². The minimum absolute atomic E-state index is 0.589. The van der Waals surface area contributed by atoms with Gasteiger partial charge >= 0.3 is 0 Å². The van der Waals surface area contributed by atoms with Crippen molar-refractivity contribution in [3.8, 4) is 10.4 Å². The molecule has 0 aliphatic rings. The number of nitrogens with one attached hydrogen (secondary N) is 1. The van der Waals surface area contributed by atoms with Crippen LogP contribution in [0.4, 0.5) is 0 Å². The largest absolute Gasteiger partial charge is 0.313 e. The normalized spacial score (nSPS) is 12.3. The average Bonchev–Trinajstić information content (AvgIpc) is 3.08. The van der Waals surface area contributed by atoms with Crippen LogP contribution in [0.5, 0.6) is 0 Å². The molecule has 0 amide bonds. The van der Waals surface area contributed by atoms with Crippen LogP contribution in [0, 0.1) is 5.92 Å². The molecule has 0 aliphatic carbocycles. The third-order valence-corrected chi connectivity index (χ3v) is 5.05. The molecule has 0 fully saturated rings. The highest BCUT2D eigenvalue weighted by molar-refractivity contribution is 7.15. The molecule has 0 saturated heterocycles. The quantitative estimate of drug-likeness (QED) is 0.664. The summed E-state index contributed by atoms with van der Waals surface area (Å²) in [5, 5.41) is 7.90. The Morgan fingerprint density at radius 2 is 2.20 bits per heavy atom. The van der Waals surface area contributed by atoms with Crippen molar-refractivity contribution in [3.63, 3.8) is 0 Å². The lowest BCUT2D eigenvalue weighted by molar-refractivity contribution is 0.657. The Labute approximate surface area is 130 Å². The van der Waals surface area contributed by atoms with E-state index in [2.05, 4.69) is 61.1 Å². The Morgan fingerprint density at radius 1 is 1.35 bits per heavy atom. The van der Waals surface area contributed by atoms with Crippen LogP contribution in [0.15, 0.2) is 34.5 Å². The minimum Gasteiger partial charge on any atom is -0.313 e.